The highest BCUT2D eigenvalue weighted by atomic mass is 32.2. The Morgan fingerprint density at radius 3 is 3.00 bits per heavy atom. The molecule has 1 aromatic rings. The van der Waals surface area contributed by atoms with Gasteiger partial charge in [0.1, 0.15) is 0 Å². The van der Waals surface area contributed by atoms with Crippen LogP contribution in [0.4, 0.5) is 0 Å². The van der Waals surface area contributed by atoms with Crippen LogP contribution in [-0.4, -0.2) is 12.5 Å². The van der Waals surface area contributed by atoms with Gasteiger partial charge in [-0.15, -0.1) is 11.3 Å². The zero-order valence-electron chi connectivity index (χ0n) is 5.66. The first kappa shape index (κ1) is 7.82. The lowest BCUT2D eigenvalue weighted by Crippen LogP contribution is -1.66. The number of aldehydes is 1. The molecule has 0 atom stereocenters. The number of hydrogen-bond donors (Lipinski definition) is 0. The zero-order valence-corrected chi connectivity index (χ0v) is 7.30. The van der Waals surface area contributed by atoms with Crippen molar-refractivity contribution in [3.63, 3.8) is 0 Å². The molecule has 10 heavy (non-hydrogen) atoms. The van der Waals surface area contributed by atoms with Crippen LogP contribution >= 0.6 is 23.1 Å². The summed E-state index contributed by atoms with van der Waals surface area (Å²) in [5, 5.41) is 0. The smallest absolute Gasteiger partial charge is 0.160 e. The lowest BCUT2D eigenvalue weighted by molar-refractivity contribution is 0.112. The first-order valence-corrected chi connectivity index (χ1v) is 5.10. The van der Waals surface area contributed by atoms with E-state index in [2.05, 4.69) is 6.26 Å². The van der Waals surface area contributed by atoms with Crippen molar-refractivity contribution in [2.45, 2.75) is 5.75 Å². The predicted molar refractivity (Wildman–Crippen MR) is 46.9 cm³/mol. The van der Waals surface area contributed by atoms with Crippen LogP contribution in [0.15, 0.2) is 12.1 Å². The van der Waals surface area contributed by atoms with Crippen molar-refractivity contribution in [2.24, 2.45) is 0 Å². The summed E-state index contributed by atoms with van der Waals surface area (Å²) < 4.78 is 0. The molecule has 0 N–H and O–H groups in total. The maximum absolute atomic E-state index is 10.2. The molecule has 3 heteroatoms. The Morgan fingerprint density at radius 2 is 2.50 bits per heavy atom. The molecule has 54 valence electrons. The van der Waals surface area contributed by atoms with Gasteiger partial charge in [-0.05, 0) is 18.4 Å². The summed E-state index contributed by atoms with van der Waals surface area (Å²) in [5.41, 5.74) is 0. The molecule has 0 amide bonds. The van der Waals surface area contributed by atoms with Crippen LogP contribution in [0.5, 0.6) is 0 Å². The molecule has 0 aliphatic heterocycles. The van der Waals surface area contributed by atoms with Gasteiger partial charge < -0.3 is 0 Å². The summed E-state index contributed by atoms with van der Waals surface area (Å²) >= 11 is 3.34. The third kappa shape index (κ3) is 1.85. The van der Waals surface area contributed by atoms with Crippen LogP contribution in [0.2, 0.25) is 0 Å². The summed E-state index contributed by atoms with van der Waals surface area (Å²) in [6.45, 7) is 0. The Labute approximate surface area is 68.5 Å². The van der Waals surface area contributed by atoms with Gasteiger partial charge in [-0.2, -0.15) is 11.8 Å². The van der Waals surface area contributed by atoms with E-state index in [0.717, 1.165) is 16.9 Å². The summed E-state index contributed by atoms with van der Waals surface area (Å²) in [5.74, 6) is 1.01. The second-order valence-corrected chi connectivity index (χ2v) is 3.92. The maximum Gasteiger partial charge on any atom is 0.160 e. The highest BCUT2D eigenvalue weighted by molar-refractivity contribution is 7.97. The van der Waals surface area contributed by atoms with Crippen LogP contribution < -0.4 is 0 Å². The Balaban J connectivity index is 2.68. The lowest BCUT2D eigenvalue weighted by Gasteiger charge is -1.86. The molecule has 0 aromatic carbocycles. The SMILES string of the molecule is CSCc1ccc(C=O)s1. The fourth-order valence-corrected chi connectivity index (χ4v) is 2.27. The van der Waals surface area contributed by atoms with Crippen LogP contribution in [0.25, 0.3) is 0 Å². The fraction of sp³-hybridized carbons (Fsp3) is 0.286. The van der Waals surface area contributed by atoms with E-state index in [1.165, 1.54) is 4.88 Å². The molecule has 1 aromatic heterocycles. The van der Waals surface area contributed by atoms with Gasteiger partial charge in [-0.3, -0.25) is 4.79 Å². The first-order valence-electron chi connectivity index (χ1n) is 2.89. The van der Waals surface area contributed by atoms with Crippen molar-refractivity contribution in [1.29, 1.82) is 0 Å². The molecule has 0 saturated heterocycles. The molecular formula is C7H8OS2. The topological polar surface area (TPSA) is 17.1 Å². The largest absolute Gasteiger partial charge is 0.297 e. The molecule has 0 saturated carbocycles. The van der Waals surface area contributed by atoms with E-state index < -0.39 is 0 Å². The molecule has 1 nitrogen and oxygen atoms in total. The van der Waals surface area contributed by atoms with Gasteiger partial charge >= 0.3 is 0 Å². The minimum absolute atomic E-state index is 0.823. The van der Waals surface area contributed by atoms with E-state index >= 15 is 0 Å². The zero-order chi connectivity index (χ0) is 7.40. The Morgan fingerprint density at radius 1 is 1.70 bits per heavy atom. The number of carbonyl (C=O) groups excluding carboxylic acids is 1. The molecule has 0 aliphatic carbocycles. The number of thiophene rings is 1. The van der Waals surface area contributed by atoms with Crippen molar-refractivity contribution < 1.29 is 4.79 Å². The van der Waals surface area contributed by atoms with Gasteiger partial charge in [-0.25, -0.2) is 0 Å². The lowest BCUT2D eigenvalue weighted by atomic mass is 10.4. The maximum atomic E-state index is 10.2. The summed E-state index contributed by atoms with van der Waals surface area (Å²) in [4.78, 5) is 12.3. The molecular weight excluding hydrogens is 164 g/mol. The second-order valence-electron chi connectivity index (χ2n) is 1.85. The van der Waals surface area contributed by atoms with E-state index in [1.54, 1.807) is 23.1 Å². The van der Waals surface area contributed by atoms with Crippen LogP contribution in [-0.2, 0) is 5.75 Å². The van der Waals surface area contributed by atoms with Crippen molar-refractivity contribution in [3.8, 4) is 0 Å². The van der Waals surface area contributed by atoms with Crippen LogP contribution in [0.3, 0.4) is 0 Å². The van der Waals surface area contributed by atoms with Gasteiger partial charge in [0, 0.05) is 10.6 Å². The highest BCUT2D eigenvalue weighted by Gasteiger charge is 1.96. The van der Waals surface area contributed by atoms with E-state index in [9.17, 15) is 4.79 Å². The Kier molecular flexibility index (Phi) is 2.96. The molecule has 1 heterocycles. The van der Waals surface area contributed by atoms with Crippen molar-refractivity contribution >= 4 is 29.4 Å². The average molecular weight is 172 g/mol. The third-order valence-corrected chi connectivity index (χ3v) is 2.88. The van der Waals surface area contributed by atoms with Crippen LogP contribution in [0, 0.1) is 0 Å². The predicted octanol–water partition coefficient (Wildman–Crippen LogP) is 2.42. The molecule has 0 unspecified atom stereocenters. The van der Waals surface area contributed by atoms with Crippen molar-refractivity contribution in [1.82, 2.24) is 0 Å². The van der Waals surface area contributed by atoms with Crippen molar-refractivity contribution in [3.05, 3.63) is 21.9 Å². The summed E-state index contributed by atoms with van der Waals surface area (Å²) in [6, 6.07) is 3.87. The molecule has 0 aliphatic rings. The summed E-state index contributed by atoms with van der Waals surface area (Å²) in [7, 11) is 0. The van der Waals surface area contributed by atoms with Crippen molar-refractivity contribution in [2.75, 3.05) is 6.26 Å². The molecule has 0 spiro atoms. The quantitative estimate of drug-likeness (QED) is 0.651. The average Bonchev–Trinajstić information content (AvgIpc) is 2.37. The van der Waals surface area contributed by atoms with Gasteiger partial charge in [0.05, 0.1) is 4.88 Å². The van der Waals surface area contributed by atoms with E-state index in [-0.39, 0.29) is 0 Å². The second kappa shape index (κ2) is 3.78. The number of carbonyl (C=O) groups is 1. The number of rotatable bonds is 3. The highest BCUT2D eigenvalue weighted by Crippen LogP contribution is 2.18. The Hall–Kier alpha value is -0.280. The normalized spacial score (nSPS) is 9.70. The van der Waals surface area contributed by atoms with Gasteiger partial charge in [0.25, 0.3) is 0 Å². The number of hydrogen-bond acceptors (Lipinski definition) is 3. The molecule has 0 bridgehead atoms. The fourth-order valence-electron chi connectivity index (χ4n) is 0.678. The van der Waals surface area contributed by atoms with Gasteiger partial charge in [-0.1, -0.05) is 0 Å². The third-order valence-electron chi connectivity index (χ3n) is 1.09. The standard InChI is InChI=1S/C7H8OS2/c1-9-5-7-3-2-6(4-8)10-7/h2-4H,5H2,1H3. The van der Waals surface area contributed by atoms with E-state index in [4.69, 9.17) is 0 Å². The first-order chi connectivity index (χ1) is 4.86. The van der Waals surface area contributed by atoms with E-state index in [1.807, 2.05) is 12.1 Å². The summed E-state index contributed by atoms with van der Waals surface area (Å²) in [6.07, 6.45) is 2.95. The minimum atomic E-state index is 0.823. The Bertz CT molecular complexity index is 217. The van der Waals surface area contributed by atoms with Gasteiger partial charge in [0.15, 0.2) is 6.29 Å². The monoisotopic (exact) mass is 172 g/mol. The van der Waals surface area contributed by atoms with E-state index in [0.29, 0.717) is 0 Å². The molecule has 0 fully saturated rings. The van der Waals surface area contributed by atoms with Gasteiger partial charge in [0.2, 0.25) is 0 Å². The minimum Gasteiger partial charge on any atom is -0.297 e. The molecule has 1 rings (SSSR count). The number of thioether (sulfide) groups is 1. The molecule has 0 radical (unpaired) electrons. The van der Waals surface area contributed by atoms with Crippen LogP contribution in [0.1, 0.15) is 14.5 Å².